The van der Waals surface area contributed by atoms with Crippen LogP contribution in [0.5, 0.6) is 0 Å². The average Bonchev–Trinajstić information content (AvgIpc) is 2.70. The van der Waals surface area contributed by atoms with E-state index >= 15 is 0 Å². The van der Waals surface area contributed by atoms with Gasteiger partial charge in [0.25, 0.3) is 0 Å². The van der Waals surface area contributed by atoms with E-state index in [-0.39, 0.29) is 12.3 Å². The van der Waals surface area contributed by atoms with Gasteiger partial charge in [-0.2, -0.15) is 0 Å². The minimum atomic E-state index is -1.18. The largest absolute Gasteiger partial charge is 0.475 e. The number of carboxylic acids is 1. The summed E-state index contributed by atoms with van der Waals surface area (Å²) in [5, 5.41) is 12.5. The van der Waals surface area contributed by atoms with Crippen LogP contribution in [0.25, 0.3) is 0 Å². The van der Waals surface area contributed by atoms with Crippen LogP contribution in [-0.2, 0) is 17.7 Å². The summed E-state index contributed by atoms with van der Waals surface area (Å²) >= 11 is 0. The van der Waals surface area contributed by atoms with Crippen LogP contribution in [0.2, 0.25) is 0 Å². The zero-order chi connectivity index (χ0) is 11.7. The number of carboxylic acid groups (broad SMARTS) is 1. The van der Waals surface area contributed by atoms with Crippen LogP contribution in [-0.4, -0.2) is 40.9 Å². The predicted molar refractivity (Wildman–Crippen MR) is 50.0 cm³/mol. The van der Waals surface area contributed by atoms with Crippen molar-refractivity contribution in [1.29, 1.82) is 0 Å². The van der Waals surface area contributed by atoms with E-state index in [1.807, 2.05) is 0 Å². The van der Waals surface area contributed by atoms with Crippen molar-refractivity contribution >= 4 is 12.1 Å². The molecule has 0 unspecified atom stereocenters. The van der Waals surface area contributed by atoms with E-state index in [2.05, 4.69) is 9.89 Å². The summed E-state index contributed by atoms with van der Waals surface area (Å²) in [6.07, 6.45) is -0.00973. The second kappa shape index (κ2) is 3.84. The van der Waals surface area contributed by atoms with Gasteiger partial charge in [-0.05, 0) is 0 Å². The quantitative estimate of drug-likeness (QED) is 0.749. The summed E-state index contributed by atoms with van der Waals surface area (Å²) in [4.78, 5) is 23.5. The molecule has 0 aromatic carbocycles. The molecular weight excluding hydrogens is 216 g/mol. The number of aromatic carboxylic acids is 1. The average molecular weight is 226 g/mol. The molecule has 1 N–H and O–H groups in total. The highest BCUT2D eigenvalue weighted by Crippen LogP contribution is 2.22. The first-order valence-electron chi connectivity index (χ1n) is 4.67. The molecular formula is C9H10N2O5. The van der Waals surface area contributed by atoms with Crippen molar-refractivity contribution in [1.82, 2.24) is 10.1 Å². The molecule has 0 bridgehead atoms. The first-order chi connectivity index (χ1) is 7.63. The molecule has 7 heteroatoms. The Kier molecular flexibility index (Phi) is 2.51. The normalized spacial score (nSPS) is 14.4. The number of hydrogen-bond acceptors (Lipinski definition) is 5. The third-order valence-corrected chi connectivity index (χ3v) is 2.46. The number of carbonyl (C=O) groups is 2. The summed E-state index contributed by atoms with van der Waals surface area (Å²) in [5.41, 5.74) is 1.04. The van der Waals surface area contributed by atoms with E-state index in [1.54, 1.807) is 0 Å². The number of ether oxygens (including phenoxy) is 1. The van der Waals surface area contributed by atoms with E-state index in [0.717, 1.165) is 0 Å². The van der Waals surface area contributed by atoms with E-state index in [4.69, 9.17) is 9.63 Å². The Morgan fingerprint density at radius 3 is 2.94 bits per heavy atom. The number of methoxy groups -OCH3 is 1. The Balaban J connectivity index is 2.27. The standard InChI is InChI=1S/C9H10N2O5/c1-15-9(14)11-3-2-6-5(4-11)7(8(12)13)16-10-6/h2-4H2,1H3,(H,12,13). The SMILES string of the molecule is COC(=O)N1CCc2noc(C(=O)O)c2C1. The molecule has 0 radical (unpaired) electrons. The zero-order valence-electron chi connectivity index (χ0n) is 8.60. The number of hydrogen-bond donors (Lipinski definition) is 1. The van der Waals surface area contributed by atoms with E-state index < -0.39 is 12.1 Å². The van der Waals surface area contributed by atoms with Gasteiger partial charge in [-0.25, -0.2) is 9.59 Å². The smallest absolute Gasteiger partial charge is 0.409 e. The Hall–Kier alpha value is -2.05. The van der Waals surface area contributed by atoms with Gasteiger partial charge >= 0.3 is 12.1 Å². The first kappa shape index (κ1) is 10.5. The summed E-state index contributed by atoms with van der Waals surface area (Å²) in [5.74, 6) is -1.39. The molecule has 0 spiro atoms. The van der Waals surface area contributed by atoms with Gasteiger partial charge in [-0.15, -0.1) is 0 Å². The number of aromatic nitrogens is 1. The molecule has 1 amide bonds. The van der Waals surface area contributed by atoms with Gasteiger partial charge in [0.05, 0.1) is 19.3 Å². The van der Waals surface area contributed by atoms with Gasteiger partial charge in [0.1, 0.15) is 0 Å². The number of nitrogens with zero attached hydrogens (tertiary/aromatic N) is 2. The van der Waals surface area contributed by atoms with Crippen LogP contribution < -0.4 is 0 Å². The lowest BCUT2D eigenvalue weighted by Crippen LogP contribution is -2.36. The molecule has 86 valence electrons. The Morgan fingerprint density at radius 2 is 2.31 bits per heavy atom. The van der Waals surface area contributed by atoms with Gasteiger partial charge in [-0.1, -0.05) is 5.16 Å². The lowest BCUT2D eigenvalue weighted by molar-refractivity contribution is 0.0647. The van der Waals surface area contributed by atoms with Crippen molar-refractivity contribution < 1.29 is 24.0 Å². The first-order valence-corrected chi connectivity index (χ1v) is 4.67. The Bertz CT molecular complexity index is 439. The summed E-state index contributed by atoms with van der Waals surface area (Å²) in [7, 11) is 1.28. The number of carbonyl (C=O) groups excluding carboxylic acids is 1. The molecule has 0 atom stereocenters. The Labute approximate surface area is 90.6 Å². The number of amides is 1. The van der Waals surface area contributed by atoms with Gasteiger partial charge in [-0.3, -0.25) is 0 Å². The topological polar surface area (TPSA) is 92.9 Å². The maximum atomic E-state index is 11.3. The van der Waals surface area contributed by atoms with E-state index in [1.165, 1.54) is 12.0 Å². The molecule has 0 aliphatic carbocycles. The van der Waals surface area contributed by atoms with Gasteiger partial charge in [0.2, 0.25) is 5.76 Å². The highest BCUT2D eigenvalue weighted by atomic mass is 16.5. The van der Waals surface area contributed by atoms with Crippen LogP contribution in [0, 0.1) is 0 Å². The summed E-state index contributed by atoms with van der Waals surface area (Å²) in [6.45, 7) is 0.610. The molecule has 7 nitrogen and oxygen atoms in total. The maximum Gasteiger partial charge on any atom is 0.409 e. The summed E-state index contributed by atoms with van der Waals surface area (Å²) < 4.78 is 9.28. The van der Waals surface area contributed by atoms with Crippen molar-refractivity contribution in [3.05, 3.63) is 17.0 Å². The second-order valence-corrected chi connectivity index (χ2v) is 3.38. The van der Waals surface area contributed by atoms with Crippen LogP contribution in [0.1, 0.15) is 21.8 Å². The van der Waals surface area contributed by atoms with Crippen molar-refractivity contribution in [3.63, 3.8) is 0 Å². The van der Waals surface area contributed by atoms with Crippen molar-refractivity contribution in [2.24, 2.45) is 0 Å². The number of fused-ring (bicyclic) bond motifs is 1. The molecule has 0 saturated carbocycles. The van der Waals surface area contributed by atoms with Crippen molar-refractivity contribution in [2.75, 3.05) is 13.7 Å². The highest BCUT2D eigenvalue weighted by molar-refractivity contribution is 5.86. The molecule has 16 heavy (non-hydrogen) atoms. The minimum absolute atomic E-state index is 0.160. The van der Waals surface area contributed by atoms with Crippen molar-refractivity contribution in [3.8, 4) is 0 Å². The molecule has 2 heterocycles. The van der Waals surface area contributed by atoms with Gasteiger partial charge < -0.3 is 19.3 Å². The Morgan fingerprint density at radius 1 is 1.56 bits per heavy atom. The molecule has 1 aromatic rings. The molecule has 2 rings (SSSR count). The number of rotatable bonds is 1. The van der Waals surface area contributed by atoms with Gasteiger partial charge in [0, 0.05) is 18.5 Å². The maximum absolute atomic E-state index is 11.3. The monoisotopic (exact) mass is 226 g/mol. The minimum Gasteiger partial charge on any atom is -0.475 e. The van der Waals surface area contributed by atoms with E-state index in [0.29, 0.717) is 24.2 Å². The fourth-order valence-corrected chi connectivity index (χ4v) is 1.67. The van der Waals surface area contributed by atoms with Crippen LogP contribution >= 0.6 is 0 Å². The fraction of sp³-hybridized carbons (Fsp3) is 0.444. The lowest BCUT2D eigenvalue weighted by atomic mass is 10.1. The van der Waals surface area contributed by atoms with Crippen molar-refractivity contribution in [2.45, 2.75) is 13.0 Å². The van der Waals surface area contributed by atoms with Crippen LogP contribution in [0.15, 0.2) is 4.52 Å². The molecule has 1 aliphatic heterocycles. The third-order valence-electron chi connectivity index (χ3n) is 2.46. The fourth-order valence-electron chi connectivity index (χ4n) is 1.67. The van der Waals surface area contributed by atoms with Crippen LogP contribution in [0.4, 0.5) is 4.79 Å². The molecule has 1 aromatic heterocycles. The predicted octanol–water partition coefficient (Wildman–Crippen LogP) is 0.497. The summed E-state index contributed by atoms with van der Waals surface area (Å²) in [6, 6.07) is 0. The molecule has 0 fully saturated rings. The lowest BCUT2D eigenvalue weighted by Gasteiger charge is -2.24. The highest BCUT2D eigenvalue weighted by Gasteiger charge is 2.29. The zero-order valence-corrected chi connectivity index (χ0v) is 8.60. The van der Waals surface area contributed by atoms with Crippen LogP contribution in [0.3, 0.4) is 0 Å². The third kappa shape index (κ3) is 1.60. The van der Waals surface area contributed by atoms with Gasteiger partial charge in [0.15, 0.2) is 0 Å². The molecule has 1 aliphatic rings. The molecule has 0 saturated heterocycles. The second-order valence-electron chi connectivity index (χ2n) is 3.38. The van der Waals surface area contributed by atoms with E-state index in [9.17, 15) is 9.59 Å².